The maximum atomic E-state index is 12.9. The minimum absolute atomic E-state index is 0.0465. The molecule has 4 aromatic rings. The van der Waals surface area contributed by atoms with Gasteiger partial charge in [0.25, 0.3) is 0 Å². The van der Waals surface area contributed by atoms with Gasteiger partial charge in [-0.2, -0.15) is 11.3 Å². The molecule has 1 atom stereocenters. The molecule has 0 saturated carbocycles. The van der Waals surface area contributed by atoms with E-state index in [0.29, 0.717) is 11.1 Å². The van der Waals surface area contributed by atoms with Crippen LogP contribution in [0.5, 0.6) is 0 Å². The van der Waals surface area contributed by atoms with Crippen molar-refractivity contribution in [3.63, 3.8) is 0 Å². The molecule has 4 nitrogen and oxygen atoms in total. The number of carbonyl (C=O) groups excluding carboxylic acids is 2. The van der Waals surface area contributed by atoms with Crippen LogP contribution in [0.2, 0.25) is 0 Å². The molecule has 0 bridgehead atoms. The van der Waals surface area contributed by atoms with Gasteiger partial charge < -0.3 is 10.2 Å². The van der Waals surface area contributed by atoms with Crippen LogP contribution in [0.1, 0.15) is 83.7 Å². The third-order valence-corrected chi connectivity index (χ3v) is 11.4. The van der Waals surface area contributed by atoms with Gasteiger partial charge in [0, 0.05) is 54.6 Å². The van der Waals surface area contributed by atoms with Crippen LogP contribution in [-0.2, 0) is 5.41 Å². The number of allylic oxidation sites excluding steroid dienone is 2. The zero-order chi connectivity index (χ0) is 30.4. The Bertz CT molecular complexity index is 1920. The average molecular weight is 603 g/mol. The Morgan fingerprint density at radius 3 is 2.14 bits per heavy atom. The number of Topliss-reactive ketones (excluding diaryl/α,β-unsaturated/α-hetero) is 2. The number of benzene rings is 2. The quantitative estimate of drug-likeness (QED) is 0.187. The van der Waals surface area contributed by atoms with Crippen LogP contribution in [0.3, 0.4) is 0 Å². The van der Waals surface area contributed by atoms with Gasteiger partial charge in [0.15, 0.2) is 11.6 Å². The van der Waals surface area contributed by atoms with Gasteiger partial charge in [-0.25, -0.2) is 0 Å². The first-order chi connectivity index (χ1) is 20.5. The van der Waals surface area contributed by atoms with E-state index in [4.69, 9.17) is 0 Å². The molecule has 3 heterocycles. The van der Waals surface area contributed by atoms with E-state index in [1.165, 1.54) is 55.2 Å². The van der Waals surface area contributed by atoms with E-state index in [1.807, 2.05) is 0 Å². The van der Waals surface area contributed by atoms with Crippen LogP contribution >= 0.6 is 22.7 Å². The van der Waals surface area contributed by atoms with Gasteiger partial charge in [-0.1, -0.05) is 19.9 Å². The van der Waals surface area contributed by atoms with Gasteiger partial charge in [-0.15, -0.1) is 11.3 Å². The van der Waals surface area contributed by atoms with Gasteiger partial charge in [0.05, 0.1) is 17.3 Å². The predicted octanol–water partition coefficient (Wildman–Crippen LogP) is 9.36. The molecule has 43 heavy (non-hydrogen) atoms. The molecule has 2 aliphatic carbocycles. The summed E-state index contributed by atoms with van der Waals surface area (Å²) in [5.41, 5.74) is 13.5. The number of fused-ring (bicyclic) bond motifs is 4. The fraction of sp³-hybridized carbons (Fsp3) is 0.243. The second kappa shape index (κ2) is 9.76. The number of anilines is 2. The first-order valence-electron chi connectivity index (χ1n) is 14.6. The number of hydrogen-bond acceptors (Lipinski definition) is 6. The molecule has 0 amide bonds. The molecule has 0 spiro atoms. The number of aryl methyl sites for hydroxylation is 4. The molecule has 3 aliphatic rings. The lowest BCUT2D eigenvalue weighted by molar-refractivity contribution is 0.0990. The molecule has 0 radical (unpaired) electrons. The lowest BCUT2D eigenvalue weighted by Crippen LogP contribution is -2.29. The monoisotopic (exact) mass is 602 g/mol. The zero-order valence-corrected chi connectivity index (χ0v) is 27.1. The maximum Gasteiger partial charge on any atom is 0.198 e. The molecule has 1 unspecified atom stereocenters. The number of hydrogen-bond donors (Lipinski definition) is 1. The molecule has 7 rings (SSSR count). The standard InChI is InChI=1S/C37H34N2O2S2/c1-19-8-9-24(10-20(19)2)39(25-11-21(3)23(5)22(4)12-25)26-13-31-33(38-16-26)36-32(37(31,6)7)15-27(43-36)14-28-34(40)29-17-42-18-30(29)35(28)41/h8-18,33,38H,1-7H3. The van der Waals surface area contributed by atoms with E-state index >= 15 is 0 Å². The highest BCUT2D eigenvalue weighted by molar-refractivity contribution is 7.13. The number of thiophene rings is 2. The summed E-state index contributed by atoms with van der Waals surface area (Å²) >= 11 is 3.07. The zero-order valence-electron chi connectivity index (χ0n) is 25.5. The summed E-state index contributed by atoms with van der Waals surface area (Å²) in [6, 6.07) is 13.5. The molecule has 2 aromatic carbocycles. The smallest absolute Gasteiger partial charge is 0.198 e. The van der Waals surface area contributed by atoms with Crippen molar-refractivity contribution in [1.29, 1.82) is 0 Å². The van der Waals surface area contributed by atoms with E-state index in [0.717, 1.165) is 21.9 Å². The third-order valence-electron chi connectivity index (χ3n) is 9.55. The van der Waals surface area contributed by atoms with Gasteiger partial charge in [-0.05, 0) is 116 Å². The van der Waals surface area contributed by atoms with Gasteiger partial charge in [0.2, 0.25) is 0 Å². The van der Waals surface area contributed by atoms with Crippen molar-refractivity contribution in [1.82, 2.24) is 5.32 Å². The second-order valence-electron chi connectivity index (χ2n) is 12.5. The van der Waals surface area contributed by atoms with Crippen molar-refractivity contribution in [2.24, 2.45) is 0 Å². The van der Waals surface area contributed by atoms with Gasteiger partial charge >= 0.3 is 0 Å². The topological polar surface area (TPSA) is 49.4 Å². The number of rotatable bonds is 4. The summed E-state index contributed by atoms with van der Waals surface area (Å²) in [7, 11) is 0. The molecule has 1 aliphatic heterocycles. The van der Waals surface area contributed by atoms with Crippen LogP contribution in [0.25, 0.3) is 6.08 Å². The van der Waals surface area contributed by atoms with Crippen molar-refractivity contribution >= 4 is 51.7 Å². The molecule has 216 valence electrons. The average Bonchev–Trinajstić information content (AvgIpc) is 3.71. The Hall–Kier alpha value is -4.00. The fourth-order valence-electron chi connectivity index (χ4n) is 6.55. The van der Waals surface area contributed by atoms with Crippen molar-refractivity contribution in [3.8, 4) is 0 Å². The van der Waals surface area contributed by atoms with Crippen molar-refractivity contribution in [2.45, 2.75) is 59.9 Å². The molecule has 1 N–H and O–H groups in total. The van der Waals surface area contributed by atoms with E-state index in [1.54, 1.807) is 28.2 Å². The number of nitrogens with zero attached hydrogens (tertiary/aromatic N) is 1. The van der Waals surface area contributed by atoms with Gasteiger partial charge in [-0.3, -0.25) is 9.59 Å². The lowest BCUT2D eigenvalue weighted by Gasteiger charge is -2.34. The summed E-state index contributed by atoms with van der Waals surface area (Å²) < 4.78 is 0. The highest BCUT2D eigenvalue weighted by atomic mass is 32.1. The van der Waals surface area contributed by atoms with Crippen LogP contribution in [0.4, 0.5) is 11.4 Å². The van der Waals surface area contributed by atoms with Crippen molar-refractivity contribution < 1.29 is 9.59 Å². The summed E-state index contributed by atoms with van der Waals surface area (Å²) in [6.45, 7) is 15.4. The van der Waals surface area contributed by atoms with E-state index in [-0.39, 0.29) is 28.6 Å². The molecule has 6 heteroatoms. The Morgan fingerprint density at radius 2 is 1.49 bits per heavy atom. The number of ketones is 2. The molecular weight excluding hydrogens is 569 g/mol. The molecule has 2 aromatic heterocycles. The summed E-state index contributed by atoms with van der Waals surface area (Å²) in [6.07, 6.45) is 6.29. The molecular formula is C37H34N2O2S2. The highest BCUT2D eigenvalue weighted by Crippen LogP contribution is 2.54. The summed E-state index contributed by atoms with van der Waals surface area (Å²) in [4.78, 5) is 30.4. The van der Waals surface area contributed by atoms with E-state index in [2.05, 4.69) is 107 Å². The van der Waals surface area contributed by atoms with Crippen molar-refractivity contribution in [3.05, 3.63) is 131 Å². The number of carbonyl (C=O) groups is 2. The van der Waals surface area contributed by atoms with Gasteiger partial charge in [0.1, 0.15) is 0 Å². The Labute approximate surface area is 261 Å². The Morgan fingerprint density at radius 1 is 0.837 bits per heavy atom. The Balaban J connectivity index is 1.28. The SMILES string of the molecule is Cc1ccc(N(C2=CNC3C(=C2)C(C)(C)c2cc(C=C4C(=O)c5cscc5C4=O)sc23)c2cc(C)c(C)c(C)c2)cc1C. The fourth-order valence-corrected chi connectivity index (χ4v) is 8.71. The second-order valence-corrected chi connectivity index (χ2v) is 14.4. The van der Waals surface area contributed by atoms with Crippen molar-refractivity contribution in [2.75, 3.05) is 4.90 Å². The first kappa shape index (κ1) is 27.8. The predicted molar refractivity (Wildman–Crippen MR) is 179 cm³/mol. The largest absolute Gasteiger partial charge is 0.378 e. The Kier molecular flexibility index (Phi) is 6.31. The van der Waals surface area contributed by atoms with Crippen LogP contribution in [0, 0.1) is 34.6 Å². The number of dihydropyridines is 1. The van der Waals surface area contributed by atoms with Crippen LogP contribution in [0.15, 0.2) is 76.3 Å². The maximum absolute atomic E-state index is 12.9. The lowest BCUT2D eigenvalue weighted by atomic mass is 9.81. The third kappa shape index (κ3) is 4.22. The van der Waals surface area contributed by atoms with E-state index < -0.39 is 0 Å². The van der Waals surface area contributed by atoms with E-state index in [9.17, 15) is 9.59 Å². The minimum Gasteiger partial charge on any atom is -0.378 e. The molecule has 0 fully saturated rings. The number of nitrogens with one attached hydrogen (secondary N) is 1. The first-order valence-corrected chi connectivity index (χ1v) is 16.4. The normalized spacial score (nSPS) is 18.1. The summed E-state index contributed by atoms with van der Waals surface area (Å²) in [5.74, 6) is -0.322. The molecule has 0 saturated heterocycles. The van der Waals surface area contributed by atoms with Crippen LogP contribution in [-0.4, -0.2) is 11.6 Å². The highest BCUT2D eigenvalue weighted by Gasteiger charge is 2.45. The van der Waals surface area contributed by atoms with Crippen LogP contribution < -0.4 is 10.2 Å². The summed E-state index contributed by atoms with van der Waals surface area (Å²) in [5, 5.41) is 7.31. The minimum atomic E-state index is -0.227.